The zero-order valence-corrected chi connectivity index (χ0v) is 33.5. The van der Waals surface area contributed by atoms with E-state index < -0.39 is 77.5 Å². The number of quaternary nitrogens is 1. The summed E-state index contributed by atoms with van der Waals surface area (Å²) in [6.07, 6.45) is 30.9. The smallest absolute Gasteiger partial charge is 0.462 e. The zero-order valence-electron chi connectivity index (χ0n) is 45.6. The summed E-state index contributed by atoms with van der Waals surface area (Å²) in [6, 6.07) is 0. The van der Waals surface area contributed by atoms with Crippen LogP contribution >= 0.6 is 7.82 Å². The molecule has 52 heavy (non-hydrogen) atoms. The van der Waals surface area contributed by atoms with Crippen molar-refractivity contribution in [1.29, 1.82) is 0 Å². The monoisotopic (exact) mass is 774 g/mol. The lowest BCUT2D eigenvalue weighted by Gasteiger charge is -2.24. The summed E-state index contributed by atoms with van der Waals surface area (Å²) in [7, 11) is -5.89. The lowest BCUT2D eigenvalue weighted by atomic mass is 10.0. The SMILES string of the molecule is [2H]C([2H])(OP(=O)(O)OC[C@@H](COC(=O)CCCCCCCCCCCCCCC)OC(=O)CCCCCCC/C=C\CCCCCCCC)C([2H])([2H])[N+](C([2H])([2H])[2H])(C([2H])([2H])[2H])C([2H])([2H])[2H]. The van der Waals surface area contributed by atoms with Crippen LogP contribution in [0.2, 0.25) is 0 Å². The van der Waals surface area contributed by atoms with Gasteiger partial charge >= 0.3 is 19.8 Å². The van der Waals surface area contributed by atoms with E-state index in [0.29, 0.717) is 19.3 Å². The highest BCUT2D eigenvalue weighted by Crippen LogP contribution is 2.43. The third-order valence-electron chi connectivity index (χ3n) is 8.65. The van der Waals surface area contributed by atoms with Crippen LogP contribution in [0.4, 0.5) is 0 Å². The highest BCUT2D eigenvalue weighted by molar-refractivity contribution is 7.47. The number of ether oxygens (including phenoxy) is 2. The molecule has 0 aliphatic heterocycles. The second-order valence-corrected chi connectivity index (χ2v) is 15.2. The highest BCUT2D eigenvalue weighted by Gasteiger charge is 2.27. The van der Waals surface area contributed by atoms with Crippen LogP contribution in [-0.4, -0.2) is 74.6 Å². The van der Waals surface area contributed by atoms with Gasteiger partial charge in [0, 0.05) is 12.8 Å². The number of phosphoric ester groups is 1. The largest absolute Gasteiger partial charge is 0.472 e. The molecule has 0 fully saturated rings. The number of hydrogen-bond donors (Lipinski definition) is 1. The quantitative estimate of drug-likeness (QED) is 0.0216. The summed E-state index contributed by atoms with van der Waals surface area (Å²) in [4.78, 5) is 36.0. The first-order valence-electron chi connectivity index (χ1n) is 26.8. The molecule has 0 spiro atoms. The maximum atomic E-state index is 13.1. The first kappa shape index (κ1) is 31.9. The van der Waals surface area contributed by atoms with Crippen LogP contribution in [0, 0.1) is 0 Å². The molecule has 0 aliphatic rings. The van der Waals surface area contributed by atoms with Crippen LogP contribution in [0.15, 0.2) is 12.2 Å². The minimum Gasteiger partial charge on any atom is -0.462 e. The molecule has 0 bridgehead atoms. The van der Waals surface area contributed by atoms with Gasteiger partial charge in [-0.05, 0) is 38.5 Å². The van der Waals surface area contributed by atoms with Crippen LogP contribution in [0.3, 0.4) is 0 Å². The Bertz CT molecular complexity index is 1330. The van der Waals surface area contributed by atoms with Gasteiger partial charge in [0.05, 0.1) is 45.4 Å². The van der Waals surface area contributed by atoms with E-state index in [1.807, 2.05) is 0 Å². The molecule has 0 aromatic heterocycles. The van der Waals surface area contributed by atoms with Crippen LogP contribution < -0.4 is 0 Å². The van der Waals surface area contributed by atoms with Crippen molar-refractivity contribution in [1.82, 2.24) is 0 Å². The number of hydrogen-bond acceptors (Lipinski definition) is 7. The Hall–Kier alpha value is -1.25. The number of phosphoric acid groups is 1. The van der Waals surface area contributed by atoms with Gasteiger partial charge in [-0.15, -0.1) is 0 Å². The Morgan fingerprint density at radius 3 is 1.52 bits per heavy atom. The predicted octanol–water partition coefficient (Wildman–Crippen LogP) is 11.8. The molecule has 0 amide bonds. The average molecular weight is 774 g/mol. The van der Waals surface area contributed by atoms with Crippen molar-refractivity contribution < 1.29 is 59.9 Å². The van der Waals surface area contributed by atoms with Crippen molar-refractivity contribution in [3.8, 4) is 0 Å². The number of carbonyl (C=O) groups excluding carboxylic acids is 2. The van der Waals surface area contributed by atoms with Gasteiger partial charge in [0.15, 0.2) is 6.10 Å². The molecule has 308 valence electrons. The van der Waals surface area contributed by atoms with Crippen LogP contribution in [0.25, 0.3) is 0 Å². The van der Waals surface area contributed by atoms with Crippen molar-refractivity contribution in [2.75, 3.05) is 47.2 Å². The fraction of sp³-hybridized carbons (Fsp3) is 0.905. The molecule has 0 aliphatic carbocycles. The summed E-state index contributed by atoms with van der Waals surface area (Å²) in [5.74, 6) is -1.41. The highest BCUT2D eigenvalue weighted by atomic mass is 31.2. The third kappa shape index (κ3) is 38.5. The predicted molar refractivity (Wildman–Crippen MR) is 215 cm³/mol. The minimum absolute atomic E-state index is 0.0432. The molecule has 0 aromatic rings. The molecule has 2 atom stereocenters. The zero-order chi connectivity index (χ0) is 49.7. The van der Waals surface area contributed by atoms with E-state index in [0.717, 1.165) is 57.8 Å². The van der Waals surface area contributed by atoms with E-state index in [1.54, 1.807) is 0 Å². The van der Waals surface area contributed by atoms with Crippen molar-refractivity contribution in [3.05, 3.63) is 12.2 Å². The minimum atomic E-state index is -5.89. The summed E-state index contributed by atoms with van der Waals surface area (Å²) < 4.78 is 132. The summed E-state index contributed by atoms with van der Waals surface area (Å²) >= 11 is 0. The third-order valence-corrected chi connectivity index (χ3v) is 9.45. The topological polar surface area (TPSA) is 108 Å². The van der Waals surface area contributed by atoms with E-state index in [2.05, 4.69) is 30.5 Å². The average Bonchev–Trinajstić information content (AvgIpc) is 3.17. The number of rotatable bonds is 39. The first-order chi connectivity index (χ1) is 30.2. The molecule has 1 unspecified atom stereocenters. The van der Waals surface area contributed by atoms with E-state index in [4.69, 9.17) is 31.8 Å². The number of carbonyl (C=O) groups is 2. The van der Waals surface area contributed by atoms with Crippen LogP contribution in [0.5, 0.6) is 0 Å². The van der Waals surface area contributed by atoms with Gasteiger partial charge in [-0.25, -0.2) is 4.57 Å². The molecule has 9 nitrogen and oxygen atoms in total. The van der Waals surface area contributed by atoms with Crippen molar-refractivity contribution in [2.45, 2.75) is 200 Å². The molecule has 0 rings (SSSR count). The normalized spacial score (nSPS) is 18.7. The number of nitrogens with zero attached hydrogens (tertiary/aromatic N) is 1. The number of likely N-dealkylation sites (N-methyl/N-ethyl adjacent to an activating group) is 1. The lowest BCUT2D eigenvalue weighted by Crippen LogP contribution is -2.37. The van der Waals surface area contributed by atoms with Crippen LogP contribution in [0.1, 0.15) is 211 Å². The molecular formula is C42H83NO8P+. The van der Waals surface area contributed by atoms with Gasteiger partial charge in [0.2, 0.25) is 0 Å². The number of esters is 2. The van der Waals surface area contributed by atoms with Crippen molar-refractivity contribution >= 4 is 19.8 Å². The van der Waals surface area contributed by atoms with E-state index in [-0.39, 0.29) is 12.8 Å². The van der Waals surface area contributed by atoms with Crippen molar-refractivity contribution in [3.63, 3.8) is 0 Å². The molecular weight excluding hydrogens is 677 g/mol. The maximum Gasteiger partial charge on any atom is 0.472 e. The van der Waals surface area contributed by atoms with Gasteiger partial charge < -0.3 is 18.9 Å². The molecule has 0 aromatic carbocycles. The standard InChI is InChI=1S/C42H82NO8P/c1-6-8-10-12-14-16-18-20-21-23-25-27-29-31-33-35-42(45)51-40(39-50-52(46,47)49-37-36-43(3,4)5)38-48-41(44)34-32-30-28-26-24-22-19-17-15-13-11-9-7-2/h20-21,40H,6-19,22-39H2,1-5H3/p+1/b21-20-/t40-/m1/s1/i3D3,4D3,5D3,36D2,37D2. The summed E-state index contributed by atoms with van der Waals surface area (Å²) in [5, 5.41) is 0. The molecule has 10 heteroatoms. The van der Waals surface area contributed by atoms with E-state index in [9.17, 15) is 19.0 Å². The lowest BCUT2D eigenvalue weighted by molar-refractivity contribution is -0.870. The maximum absolute atomic E-state index is 13.1. The van der Waals surface area contributed by atoms with Crippen LogP contribution in [-0.2, 0) is 32.7 Å². The molecule has 0 saturated heterocycles. The summed E-state index contributed by atoms with van der Waals surface area (Å²) in [6.45, 7) is -19.2. The Balaban J connectivity index is 5.43. The summed E-state index contributed by atoms with van der Waals surface area (Å²) in [5.41, 5.74) is 0. The van der Waals surface area contributed by atoms with Gasteiger partial charge in [-0.2, -0.15) is 0 Å². The van der Waals surface area contributed by atoms with E-state index >= 15 is 0 Å². The fourth-order valence-corrected chi connectivity index (χ4v) is 6.16. The fourth-order valence-electron chi connectivity index (χ4n) is 5.60. The molecule has 0 radical (unpaired) electrons. The molecule has 0 heterocycles. The van der Waals surface area contributed by atoms with E-state index in [1.165, 1.54) is 89.9 Å². The van der Waals surface area contributed by atoms with Gasteiger partial charge in [-0.3, -0.25) is 18.6 Å². The Kier molecular flexibility index (Phi) is 21.7. The Labute approximate surface area is 338 Å². The van der Waals surface area contributed by atoms with Gasteiger partial charge in [0.1, 0.15) is 19.7 Å². The van der Waals surface area contributed by atoms with Crippen molar-refractivity contribution in [2.24, 2.45) is 0 Å². The van der Waals surface area contributed by atoms with Gasteiger partial charge in [-0.1, -0.05) is 154 Å². The number of unbranched alkanes of at least 4 members (excludes halogenated alkanes) is 23. The molecule has 0 saturated carbocycles. The first-order valence-corrected chi connectivity index (χ1v) is 21.8. The Morgan fingerprint density at radius 1 is 0.635 bits per heavy atom. The molecule has 1 N–H and O–H groups in total. The Morgan fingerprint density at radius 2 is 1.06 bits per heavy atom. The number of allylic oxidation sites excluding steroid dienone is 2. The second kappa shape index (κ2) is 35.5. The second-order valence-electron chi connectivity index (χ2n) is 13.9. The van der Waals surface area contributed by atoms with Gasteiger partial charge in [0.25, 0.3) is 0 Å².